The molecular weight excluding hydrogens is 707 g/mol. The number of benzene rings is 2. The molecule has 0 spiro atoms. The van der Waals surface area contributed by atoms with Gasteiger partial charge in [-0.15, -0.1) is 11.3 Å². The first-order valence-corrected chi connectivity index (χ1v) is 20.0. The summed E-state index contributed by atoms with van der Waals surface area (Å²) < 4.78 is 0. The minimum Gasteiger partial charge on any atom is -0.508 e. The van der Waals surface area contributed by atoms with Crippen LogP contribution >= 0.6 is 11.3 Å². The number of aromatic hydroxyl groups is 1. The van der Waals surface area contributed by atoms with E-state index < -0.39 is 42.0 Å². The van der Waals surface area contributed by atoms with Crippen LogP contribution in [0.2, 0.25) is 0 Å². The number of carbonyl (C=O) groups excluding carboxylic acids is 3. The average molecular weight is 762 g/mol. The van der Waals surface area contributed by atoms with Crippen LogP contribution in [0.15, 0.2) is 53.9 Å². The van der Waals surface area contributed by atoms with E-state index in [4.69, 9.17) is 0 Å². The fraction of sp³-hybridized carbons (Fsp3) is 0.537. The molecule has 0 bridgehead atoms. The predicted octanol–water partition coefficient (Wildman–Crippen LogP) is 5.25. The third-order valence-electron chi connectivity index (χ3n) is 11.1. The number of piperidine rings is 1. The van der Waals surface area contributed by atoms with Crippen molar-refractivity contribution < 1.29 is 34.5 Å². The van der Waals surface area contributed by atoms with E-state index in [0.29, 0.717) is 23.4 Å². The summed E-state index contributed by atoms with van der Waals surface area (Å²) in [7, 11) is 1.95. The van der Waals surface area contributed by atoms with Crippen LogP contribution in [0.3, 0.4) is 0 Å². The zero-order valence-corrected chi connectivity index (χ0v) is 32.7. The van der Waals surface area contributed by atoms with E-state index >= 15 is 0 Å². The molecule has 5 rings (SSSR count). The first kappa shape index (κ1) is 40.8. The number of hydrogen-bond donors (Lipinski definition) is 5. The summed E-state index contributed by atoms with van der Waals surface area (Å²) >= 11 is 1.15. The lowest BCUT2D eigenvalue weighted by Crippen LogP contribution is -2.58. The number of phenolic OH excluding ortho intramolecular Hbond substituents is 1. The number of rotatable bonds is 15. The van der Waals surface area contributed by atoms with Crippen molar-refractivity contribution in [3.05, 3.63) is 81.3 Å². The molecule has 3 aromatic rings. The Kier molecular flexibility index (Phi) is 13.9. The van der Waals surface area contributed by atoms with E-state index in [-0.39, 0.29) is 60.5 Å². The number of thiazole rings is 1. The molecule has 0 saturated carbocycles. The lowest BCUT2D eigenvalue weighted by atomic mass is 9.80. The SMILES string of the molecule is CCC(C)C(NC(=O)C1CCCCN1C)C(=O)N(Cc1ccccc1)[C@H](C[C@@H](O)c1nc(C(=O)N[C@H]2Cc3ccc(O)cc3[C@H](C(=O)O)C2)cs1)C(C)C. The molecule has 1 fully saturated rings. The lowest BCUT2D eigenvalue weighted by molar-refractivity contribution is -0.143. The normalized spacial score (nSPS) is 21.0. The van der Waals surface area contributed by atoms with Gasteiger partial charge >= 0.3 is 5.97 Å². The van der Waals surface area contributed by atoms with Crippen LogP contribution in [-0.2, 0) is 27.3 Å². The Balaban J connectivity index is 1.34. The van der Waals surface area contributed by atoms with Gasteiger partial charge in [0.15, 0.2) is 0 Å². The quantitative estimate of drug-likeness (QED) is 0.139. The molecule has 2 aliphatic rings. The highest BCUT2D eigenvalue weighted by molar-refractivity contribution is 7.09. The highest BCUT2D eigenvalue weighted by Crippen LogP contribution is 2.35. The molecule has 3 amide bonds. The second-order valence-electron chi connectivity index (χ2n) is 15.3. The Hall–Kier alpha value is -4.33. The Morgan fingerprint density at radius 2 is 1.81 bits per heavy atom. The maximum atomic E-state index is 14.8. The second kappa shape index (κ2) is 18.3. The molecule has 2 heterocycles. The van der Waals surface area contributed by atoms with Crippen molar-refractivity contribution in [2.24, 2.45) is 11.8 Å². The molecule has 12 nitrogen and oxygen atoms in total. The van der Waals surface area contributed by atoms with E-state index in [2.05, 4.69) is 20.5 Å². The number of carboxylic acids is 1. The third-order valence-corrected chi connectivity index (χ3v) is 12.1. The number of aliphatic hydroxyl groups is 1. The van der Waals surface area contributed by atoms with Gasteiger partial charge in [0, 0.05) is 30.4 Å². The molecule has 54 heavy (non-hydrogen) atoms. The topological polar surface area (TPSA) is 172 Å². The fourth-order valence-corrected chi connectivity index (χ4v) is 8.54. The molecule has 13 heteroatoms. The van der Waals surface area contributed by atoms with Gasteiger partial charge in [0.05, 0.1) is 12.0 Å². The van der Waals surface area contributed by atoms with E-state index in [9.17, 15) is 34.5 Å². The highest BCUT2D eigenvalue weighted by atomic mass is 32.1. The summed E-state index contributed by atoms with van der Waals surface area (Å²) in [5.41, 5.74) is 2.33. The van der Waals surface area contributed by atoms with Crippen LogP contribution in [0, 0.1) is 11.8 Å². The summed E-state index contributed by atoms with van der Waals surface area (Å²) in [6.45, 7) is 9.12. The van der Waals surface area contributed by atoms with Crippen LogP contribution < -0.4 is 10.6 Å². The van der Waals surface area contributed by atoms with Crippen LogP contribution in [-0.4, -0.2) is 91.6 Å². The number of fused-ring (bicyclic) bond motifs is 1. The van der Waals surface area contributed by atoms with Crippen LogP contribution in [0.1, 0.15) is 110 Å². The molecule has 1 aliphatic heterocycles. The number of aromatic nitrogens is 1. The number of likely N-dealkylation sites (N-methyl/N-ethyl adjacent to an activating group) is 1. The first-order valence-electron chi connectivity index (χ1n) is 19.1. The molecule has 1 saturated heterocycles. The Bertz CT molecular complexity index is 1770. The van der Waals surface area contributed by atoms with Crippen LogP contribution in [0.5, 0.6) is 5.75 Å². The average Bonchev–Trinajstić information content (AvgIpc) is 3.66. The van der Waals surface area contributed by atoms with E-state index in [1.165, 1.54) is 12.1 Å². The molecule has 2 aromatic carbocycles. The van der Waals surface area contributed by atoms with Gasteiger partial charge in [-0.2, -0.15) is 0 Å². The number of aliphatic hydroxyl groups excluding tert-OH is 1. The number of carbonyl (C=O) groups is 4. The zero-order valence-electron chi connectivity index (χ0n) is 31.9. The zero-order chi connectivity index (χ0) is 39.1. The van der Waals surface area contributed by atoms with E-state index in [1.807, 2.05) is 65.1 Å². The summed E-state index contributed by atoms with van der Waals surface area (Å²) in [6.07, 6.45) is 3.06. The standard InChI is InChI=1S/C41H55N5O7S/c1-6-25(4)36(44-38(50)33-14-10-11-17-45(33)5)40(51)46(22-26-12-8-7-9-13-26)34(24(2)3)21-35(48)39-43-32(23-54-39)37(49)42-28-18-27-15-16-29(47)20-30(27)31(19-28)41(52)53/h7-9,12-13,15-16,20,23-25,28,31,33-36,47-48H,6,10-11,14,17-19,21-22H2,1-5H3,(H,42,49)(H,44,50)(H,52,53)/t25?,28-,31+,33?,34+,35+,36?/m0/s1. The number of nitrogens with zero attached hydrogens (tertiary/aromatic N) is 3. The van der Waals surface area contributed by atoms with Crippen molar-refractivity contribution in [3.8, 4) is 5.75 Å². The van der Waals surface area contributed by atoms with Crippen LogP contribution in [0.4, 0.5) is 0 Å². The van der Waals surface area contributed by atoms with Gasteiger partial charge in [0.2, 0.25) is 11.8 Å². The molecule has 3 unspecified atom stereocenters. The summed E-state index contributed by atoms with van der Waals surface area (Å²) in [5.74, 6) is -2.95. The van der Waals surface area contributed by atoms with Crippen molar-refractivity contribution in [1.29, 1.82) is 0 Å². The molecule has 292 valence electrons. The maximum Gasteiger partial charge on any atom is 0.311 e. The number of carboxylic acid groups (broad SMARTS) is 1. The minimum absolute atomic E-state index is 0.00639. The van der Waals surface area contributed by atoms with Crippen molar-refractivity contribution >= 4 is 35.0 Å². The van der Waals surface area contributed by atoms with Gasteiger partial charge in [0.1, 0.15) is 28.6 Å². The molecule has 0 radical (unpaired) electrons. The van der Waals surface area contributed by atoms with Gasteiger partial charge in [-0.05, 0) is 79.9 Å². The number of aliphatic carboxylic acids is 1. The molecule has 1 aliphatic carbocycles. The second-order valence-corrected chi connectivity index (χ2v) is 16.2. The molecular formula is C41H55N5O7S. The molecule has 5 N–H and O–H groups in total. The maximum absolute atomic E-state index is 14.8. The van der Waals surface area contributed by atoms with Crippen molar-refractivity contribution in [3.63, 3.8) is 0 Å². The number of nitrogens with one attached hydrogen (secondary N) is 2. The Labute approximate surface area is 322 Å². The highest BCUT2D eigenvalue weighted by Gasteiger charge is 2.38. The van der Waals surface area contributed by atoms with Gasteiger partial charge in [-0.1, -0.05) is 76.9 Å². The van der Waals surface area contributed by atoms with Crippen LogP contribution in [0.25, 0.3) is 0 Å². The third kappa shape index (κ3) is 9.85. The smallest absolute Gasteiger partial charge is 0.311 e. The lowest BCUT2D eigenvalue weighted by Gasteiger charge is -2.40. The molecule has 1 aromatic heterocycles. The first-order chi connectivity index (χ1) is 25.8. The number of phenols is 1. The number of hydrogen-bond acceptors (Lipinski definition) is 9. The van der Waals surface area contributed by atoms with Gasteiger partial charge in [-0.3, -0.25) is 24.1 Å². The van der Waals surface area contributed by atoms with E-state index in [0.717, 1.165) is 48.3 Å². The van der Waals surface area contributed by atoms with Gasteiger partial charge in [-0.25, -0.2) is 4.98 Å². The summed E-state index contributed by atoms with van der Waals surface area (Å²) in [4.78, 5) is 62.2. The predicted molar refractivity (Wildman–Crippen MR) is 207 cm³/mol. The summed E-state index contributed by atoms with van der Waals surface area (Å²) in [5, 5.41) is 39.4. The number of amides is 3. The Morgan fingerprint density at radius 1 is 1.07 bits per heavy atom. The Morgan fingerprint density at radius 3 is 2.48 bits per heavy atom. The number of likely N-dealkylation sites (tertiary alicyclic amines) is 1. The monoisotopic (exact) mass is 761 g/mol. The van der Waals surface area contributed by atoms with Crippen molar-refractivity contribution in [2.45, 2.75) is 115 Å². The van der Waals surface area contributed by atoms with Gasteiger partial charge < -0.3 is 30.9 Å². The van der Waals surface area contributed by atoms with E-state index in [1.54, 1.807) is 16.3 Å². The minimum atomic E-state index is -1.09. The fourth-order valence-electron chi connectivity index (χ4n) is 7.75. The van der Waals surface area contributed by atoms with Crippen molar-refractivity contribution in [1.82, 2.24) is 25.4 Å². The van der Waals surface area contributed by atoms with Gasteiger partial charge in [0.25, 0.3) is 5.91 Å². The summed E-state index contributed by atoms with van der Waals surface area (Å²) in [6, 6.07) is 12.4. The largest absolute Gasteiger partial charge is 0.508 e. The van der Waals surface area contributed by atoms with Crippen molar-refractivity contribution in [2.75, 3.05) is 13.6 Å². The molecule has 7 atom stereocenters.